The minimum Gasteiger partial charge on any atom is -0.455 e. The number of benzene rings is 12. The lowest BCUT2D eigenvalue weighted by Gasteiger charge is -2.32. The Balaban J connectivity index is 0.851. The highest BCUT2D eigenvalue weighted by Gasteiger charge is 2.49. The lowest BCUT2D eigenvalue weighted by atomic mass is 9.72. The fourth-order valence-corrected chi connectivity index (χ4v) is 17.3. The van der Waals surface area contributed by atoms with E-state index in [0.717, 1.165) is 89.0 Å². The van der Waals surface area contributed by atoms with Crippen molar-refractivity contribution in [2.45, 2.75) is 84.0 Å². The van der Waals surface area contributed by atoms with Gasteiger partial charge in [0.25, 0.3) is 0 Å². The lowest BCUT2D eigenvalue weighted by molar-refractivity contribution is 0.600. The Morgan fingerprint density at radius 2 is 0.663 bits per heavy atom. The normalized spacial score (nSPS) is 15.6. The Labute approximate surface area is 517 Å². The Kier molecular flexibility index (Phi) is 9.80. The fraction of sp³-hybridized carbons (Fsp3) is 0.153. The van der Waals surface area contributed by atoms with E-state index in [1.54, 1.807) is 0 Å². The molecular weight excluding hydrogens is 1080 g/mol. The number of fused-ring (bicyclic) bond motifs is 26. The quantitative estimate of drug-likeness (QED) is 0.172. The molecule has 0 spiro atoms. The van der Waals surface area contributed by atoms with Gasteiger partial charge < -0.3 is 18.2 Å². The molecule has 0 atom stereocenters. The van der Waals surface area contributed by atoms with Gasteiger partial charge in [0.1, 0.15) is 33.5 Å². The smallest absolute Gasteiger partial charge is 0.144 e. The zero-order valence-electron chi connectivity index (χ0n) is 51.5. The molecule has 4 nitrogen and oxygen atoms in total. The molecule has 0 fully saturated rings. The number of rotatable bonds is 5. The second-order valence-electron chi connectivity index (χ2n) is 27.9. The number of hydrogen-bond acceptors (Lipinski definition) is 4. The van der Waals surface area contributed by atoms with Crippen molar-refractivity contribution < 1.29 is 13.3 Å². The first-order chi connectivity index (χ1) is 43.1. The van der Waals surface area contributed by atoms with Gasteiger partial charge in [0.05, 0.1) is 0 Å². The number of nitrogens with zero attached hydrogens (tertiary/aromatic N) is 1. The number of furan rings is 3. The van der Waals surface area contributed by atoms with Crippen LogP contribution < -0.4 is 4.90 Å². The third-order valence-electron chi connectivity index (χ3n) is 21.6. The van der Waals surface area contributed by atoms with Crippen LogP contribution in [0.15, 0.2) is 232 Å². The molecule has 0 saturated heterocycles. The number of para-hydroxylation sites is 3. The summed E-state index contributed by atoms with van der Waals surface area (Å²) in [6, 6.07) is 81.3. The van der Waals surface area contributed by atoms with Crippen LogP contribution in [0.4, 0.5) is 17.1 Å². The molecule has 3 aromatic heterocycles. The maximum atomic E-state index is 7.19. The van der Waals surface area contributed by atoms with Crippen LogP contribution in [-0.4, -0.2) is 0 Å². The van der Waals surface area contributed by atoms with Gasteiger partial charge in [-0.15, -0.1) is 0 Å². The van der Waals surface area contributed by atoms with Crippen LogP contribution in [0.2, 0.25) is 0 Å². The number of anilines is 3. The van der Waals surface area contributed by atoms with E-state index >= 15 is 0 Å². The molecule has 0 aliphatic heterocycles. The molecule has 19 rings (SSSR count). The molecule has 0 amide bonds. The SMILES string of the molecule is Cc1ccc(-c2cc3c(c4c2oc2ccccc24)-c2ccc(N(c4ccc5c(c4)C(C)(C)c4cc(-c6ccccc6)c6oc7ccccc7c6c4-5)c4ccc5c(c4)C(C)(C)c4c6c(c7c(oc8ccccc87)c4-5)-c4ccccc4C6(C)C)cc2C3(C)C)cc1. The minimum absolute atomic E-state index is 0.258. The summed E-state index contributed by atoms with van der Waals surface area (Å²) in [4.78, 5) is 2.55. The molecule has 4 heteroatoms. The molecule has 0 radical (unpaired) electrons. The second kappa shape index (κ2) is 17.1. The van der Waals surface area contributed by atoms with Crippen molar-refractivity contribution >= 4 is 82.9 Å². The van der Waals surface area contributed by atoms with Gasteiger partial charge in [-0.1, -0.05) is 213 Å². The Morgan fingerprint density at radius 3 is 1.18 bits per heavy atom. The maximum absolute atomic E-state index is 7.19. The lowest BCUT2D eigenvalue weighted by Crippen LogP contribution is -2.24. The summed E-state index contributed by atoms with van der Waals surface area (Å²) in [6.45, 7) is 21.6. The van der Waals surface area contributed by atoms with E-state index in [2.05, 4.69) is 286 Å². The predicted molar refractivity (Wildman–Crippen MR) is 369 cm³/mol. The average molecular weight is 1150 g/mol. The van der Waals surface area contributed by atoms with E-state index in [0.29, 0.717) is 0 Å². The van der Waals surface area contributed by atoms with Gasteiger partial charge in [-0.05, 0) is 168 Å². The van der Waals surface area contributed by atoms with E-state index in [-0.39, 0.29) is 16.2 Å². The molecule has 0 N–H and O–H groups in total. The summed E-state index contributed by atoms with van der Waals surface area (Å²) >= 11 is 0. The topological polar surface area (TPSA) is 42.7 Å². The van der Waals surface area contributed by atoms with Crippen molar-refractivity contribution in [3.63, 3.8) is 0 Å². The minimum atomic E-state index is -0.408. The zero-order valence-corrected chi connectivity index (χ0v) is 51.5. The predicted octanol–water partition coefficient (Wildman–Crippen LogP) is 23.7. The van der Waals surface area contributed by atoms with Crippen LogP contribution in [-0.2, 0) is 21.7 Å². The standard InChI is InChI=1S/C85H63NO3/c1-46-31-33-48(34-32-46)60-45-66-71(74-57-25-15-19-29-68(57)88-80(60)74)54-39-36-50(42-63(54)83(66,4)5)86(49-35-38-53-62(41-49)82(2,3)65-44-59(47-21-11-10-12-22-47)79-73(70(53)65)56-24-14-18-28-67(56)87-79)51-37-40-55-64(43-51)85(8,9)78-76(55)81-75(58-26-16-20-30-69(58)89-81)72-52-23-13-17-27-61(52)84(6,7)77(72)78/h10-45H,1-9H3. The molecule has 0 bridgehead atoms. The van der Waals surface area contributed by atoms with Gasteiger partial charge in [0, 0.05) is 87.7 Å². The Morgan fingerprint density at radius 1 is 0.281 bits per heavy atom. The average Bonchev–Trinajstić information content (AvgIpc) is 1.52. The first-order valence-corrected chi connectivity index (χ1v) is 31.6. The molecule has 15 aromatic rings. The summed E-state index contributed by atoms with van der Waals surface area (Å²) in [7, 11) is 0. The summed E-state index contributed by atoms with van der Waals surface area (Å²) in [6.07, 6.45) is 0. The van der Waals surface area contributed by atoms with Crippen LogP contribution in [0, 0.1) is 6.92 Å². The largest absolute Gasteiger partial charge is 0.455 e. The Hall–Kier alpha value is -10.2. The van der Waals surface area contributed by atoms with Crippen molar-refractivity contribution in [3.05, 3.63) is 268 Å². The number of hydrogen-bond donors (Lipinski definition) is 0. The molecular formula is C85H63NO3. The first-order valence-electron chi connectivity index (χ1n) is 31.6. The summed E-state index contributed by atoms with van der Waals surface area (Å²) in [5.41, 5.74) is 33.9. The fourth-order valence-electron chi connectivity index (χ4n) is 17.3. The van der Waals surface area contributed by atoms with Gasteiger partial charge in [0.15, 0.2) is 0 Å². The zero-order chi connectivity index (χ0) is 59.9. The van der Waals surface area contributed by atoms with E-state index in [9.17, 15) is 0 Å². The van der Waals surface area contributed by atoms with Gasteiger partial charge in [0.2, 0.25) is 0 Å². The van der Waals surface area contributed by atoms with E-state index in [1.165, 1.54) is 111 Å². The van der Waals surface area contributed by atoms with Crippen LogP contribution in [0.1, 0.15) is 105 Å². The van der Waals surface area contributed by atoms with Crippen molar-refractivity contribution in [2.75, 3.05) is 4.90 Å². The third kappa shape index (κ3) is 6.48. The van der Waals surface area contributed by atoms with Gasteiger partial charge in [-0.2, -0.15) is 0 Å². The van der Waals surface area contributed by atoms with Gasteiger partial charge >= 0.3 is 0 Å². The molecule has 4 aliphatic rings. The van der Waals surface area contributed by atoms with Crippen LogP contribution in [0.5, 0.6) is 0 Å². The maximum Gasteiger partial charge on any atom is 0.144 e. The summed E-state index contributed by atoms with van der Waals surface area (Å²) < 4.78 is 21.1. The van der Waals surface area contributed by atoms with Gasteiger partial charge in [-0.25, -0.2) is 0 Å². The van der Waals surface area contributed by atoms with E-state index in [4.69, 9.17) is 13.3 Å². The highest BCUT2D eigenvalue weighted by atomic mass is 16.3. The van der Waals surface area contributed by atoms with Crippen LogP contribution >= 0.6 is 0 Å². The van der Waals surface area contributed by atoms with E-state index in [1.807, 2.05) is 0 Å². The summed E-state index contributed by atoms with van der Waals surface area (Å²) in [5, 5.41) is 7.01. The Bertz CT molecular complexity index is 5680. The molecule has 0 saturated carbocycles. The second-order valence-corrected chi connectivity index (χ2v) is 27.9. The molecule has 3 heterocycles. The summed E-state index contributed by atoms with van der Waals surface area (Å²) in [5.74, 6) is 0. The molecule has 89 heavy (non-hydrogen) atoms. The molecule has 426 valence electrons. The number of aryl methyl sites for hydroxylation is 1. The van der Waals surface area contributed by atoms with Crippen molar-refractivity contribution in [3.8, 4) is 66.8 Å². The third-order valence-corrected chi connectivity index (χ3v) is 21.6. The highest BCUT2D eigenvalue weighted by molar-refractivity contribution is 6.23. The van der Waals surface area contributed by atoms with Gasteiger partial charge in [-0.3, -0.25) is 0 Å². The van der Waals surface area contributed by atoms with Crippen LogP contribution in [0.3, 0.4) is 0 Å². The monoisotopic (exact) mass is 1150 g/mol. The molecule has 4 aliphatic carbocycles. The first kappa shape index (κ1) is 50.9. The van der Waals surface area contributed by atoms with Crippen LogP contribution in [0.25, 0.3) is 133 Å². The van der Waals surface area contributed by atoms with Crippen molar-refractivity contribution in [2.24, 2.45) is 0 Å². The van der Waals surface area contributed by atoms with E-state index < -0.39 is 5.41 Å². The highest BCUT2D eigenvalue weighted by Crippen LogP contribution is 2.65. The van der Waals surface area contributed by atoms with Crippen molar-refractivity contribution in [1.29, 1.82) is 0 Å². The molecule has 0 unspecified atom stereocenters. The molecule has 12 aromatic carbocycles. The van der Waals surface area contributed by atoms with Crippen molar-refractivity contribution in [1.82, 2.24) is 0 Å².